The molecule has 1 aliphatic heterocycles. The first kappa shape index (κ1) is 21.6. The van der Waals surface area contributed by atoms with E-state index in [9.17, 15) is 13.2 Å². The molecule has 1 fully saturated rings. The molecule has 1 amide bonds. The van der Waals surface area contributed by atoms with Crippen LogP contribution >= 0.6 is 0 Å². The molecule has 0 radical (unpaired) electrons. The van der Waals surface area contributed by atoms with Gasteiger partial charge in [-0.2, -0.15) is 4.31 Å². The molecule has 0 unspecified atom stereocenters. The van der Waals surface area contributed by atoms with Gasteiger partial charge in [-0.05, 0) is 31.0 Å². The van der Waals surface area contributed by atoms with Gasteiger partial charge in [0.05, 0.1) is 11.0 Å². The molecule has 1 N–H and O–H groups in total. The molecule has 2 aromatic heterocycles. The number of rotatable bonds is 6. The maximum absolute atomic E-state index is 13.3. The number of imidazole rings is 1. The highest BCUT2D eigenvalue weighted by atomic mass is 32.2. The lowest BCUT2D eigenvalue weighted by molar-refractivity contribution is 0.0695. The van der Waals surface area contributed by atoms with Gasteiger partial charge in [-0.1, -0.05) is 26.0 Å². The van der Waals surface area contributed by atoms with Gasteiger partial charge in [-0.15, -0.1) is 0 Å². The molecule has 3 aromatic rings. The molecule has 0 spiro atoms. The van der Waals surface area contributed by atoms with E-state index in [2.05, 4.69) is 4.98 Å². The number of carbonyl (C=O) groups excluding carboxylic acids is 1. The first-order chi connectivity index (χ1) is 14.8. The zero-order chi connectivity index (χ0) is 22.2. The Morgan fingerprint density at radius 3 is 2.71 bits per heavy atom. The van der Waals surface area contributed by atoms with E-state index in [0.717, 1.165) is 29.7 Å². The summed E-state index contributed by atoms with van der Waals surface area (Å²) in [6, 6.07) is 9.41. The Bertz CT molecular complexity index is 1160. The van der Waals surface area contributed by atoms with Crippen molar-refractivity contribution in [3.8, 4) is 0 Å². The minimum absolute atomic E-state index is 0.129. The summed E-state index contributed by atoms with van der Waals surface area (Å²) in [6.07, 6.45) is 3.36. The van der Waals surface area contributed by atoms with Gasteiger partial charge in [0.2, 0.25) is 10.0 Å². The van der Waals surface area contributed by atoms with Gasteiger partial charge in [0, 0.05) is 45.3 Å². The quantitative estimate of drug-likeness (QED) is 0.634. The Hall–Kier alpha value is -2.65. The van der Waals surface area contributed by atoms with Crippen LogP contribution in [0.2, 0.25) is 0 Å². The van der Waals surface area contributed by atoms with E-state index in [1.807, 2.05) is 43.0 Å². The molecule has 3 heterocycles. The number of H-pyrrole nitrogens is 1. The van der Waals surface area contributed by atoms with Crippen molar-refractivity contribution in [2.75, 3.05) is 26.2 Å². The van der Waals surface area contributed by atoms with Gasteiger partial charge in [-0.3, -0.25) is 4.79 Å². The lowest BCUT2D eigenvalue weighted by atomic mass is 9.97. The van der Waals surface area contributed by atoms with Crippen molar-refractivity contribution in [1.29, 1.82) is 0 Å². The smallest absolute Gasteiger partial charge is 0.270 e. The number of piperidine rings is 1. The summed E-state index contributed by atoms with van der Waals surface area (Å²) in [6.45, 7) is 5.61. The number of carbonyl (C=O) groups is 1. The van der Waals surface area contributed by atoms with Crippen LogP contribution in [0.5, 0.6) is 0 Å². The molecular formula is C22H29N5O3S. The molecule has 31 heavy (non-hydrogen) atoms. The van der Waals surface area contributed by atoms with Gasteiger partial charge in [0.15, 0.2) is 0 Å². The van der Waals surface area contributed by atoms with E-state index in [1.165, 1.54) is 16.6 Å². The SMILES string of the molecule is CCN(CC)S(=O)(=O)c1cc(C(=O)N2CCC[C@H](c3nc4ccccc4[nH]3)C2)n(C)c1. The van der Waals surface area contributed by atoms with E-state index in [1.54, 1.807) is 11.6 Å². The number of fused-ring (bicyclic) bond motifs is 1. The monoisotopic (exact) mass is 443 g/mol. The maximum atomic E-state index is 13.3. The first-order valence-corrected chi connectivity index (χ1v) is 12.2. The van der Waals surface area contributed by atoms with Crippen LogP contribution in [0.3, 0.4) is 0 Å². The average Bonchev–Trinajstić information content (AvgIpc) is 3.38. The lowest BCUT2D eigenvalue weighted by Gasteiger charge is -2.32. The minimum Gasteiger partial charge on any atom is -0.345 e. The van der Waals surface area contributed by atoms with Crippen LogP contribution in [-0.2, 0) is 17.1 Å². The van der Waals surface area contributed by atoms with E-state index in [0.29, 0.717) is 31.9 Å². The highest BCUT2D eigenvalue weighted by Gasteiger charge is 2.30. The second-order valence-corrected chi connectivity index (χ2v) is 9.93. The number of benzene rings is 1. The average molecular weight is 444 g/mol. The van der Waals surface area contributed by atoms with Gasteiger partial charge < -0.3 is 14.5 Å². The van der Waals surface area contributed by atoms with E-state index < -0.39 is 10.0 Å². The third-order valence-electron chi connectivity index (χ3n) is 6.05. The summed E-state index contributed by atoms with van der Waals surface area (Å²) < 4.78 is 28.7. The summed E-state index contributed by atoms with van der Waals surface area (Å²) in [4.78, 5) is 23.4. The molecule has 1 atom stereocenters. The highest BCUT2D eigenvalue weighted by molar-refractivity contribution is 7.89. The van der Waals surface area contributed by atoms with E-state index >= 15 is 0 Å². The second-order valence-electron chi connectivity index (χ2n) is 7.99. The van der Waals surface area contributed by atoms with Crippen molar-refractivity contribution >= 4 is 27.0 Å². The number of aromatic nitrogens is 3. The number of aryl methyl sites for hydroxylation is 1. The molecule has 4 rings (SSSR count). The Morgan fingerprint density at radius 2 is 2.00 bits per heavy atom. The molecule has 0 bridgehead atoms. The summed E-state index contributed by atoms with van der Waals surface area (Å²) in [5.74, 6) is 0.879. The van der Waals surface area contributed by atoms with Crippen molar-refractivity contribution in [2.45, 2.75) is 37.5 Å². The predicted molar refractivity (Wildman–Crippen MR) is 119 cm³/mol. The molecule has 1 saturated heterocycles. The number of amides is 1. The molecule has 1 aliphatic rings. The standard InChI is InChI=1S/C22H29N5O3S/c1-4-27(5-2)31(29,30)17-13-20(25(3)15-17)22(28)26-12-8-9-16(14-26)21-23-18-10-6-7-11-19(18)24-21/h6-7,10-11,13,15-16H,4-5,8-9,12,14H2,1-3H3,(H,23,24)/t16-/m0/s1. The van der Waals surface area contributed by atoms with Gasteiger partial charge >= 0.3 is 0 Å². The molecular weight excluding hydrogens is 414 g/mol. The number of nitrogens with zero attached hydrogens (tertiary/aromatic N) is 4. The number of nitrogens with one attached hydrogen (secondary N) is 1. The highest BCUT2D eigenvalue weighted by Crippen LogP contribution is 2.28. The number of sulfonamides is 1. The van der Waals surface area contributed by atoms with Crippen LogP contribution in [0.1, 0.15) is 48.9 Å². The van der Waals surface area contributed by atoms with Crippen molar-refractivity contribution in [1.82, 2.24) is 23.7 Å². The fraction of sp³-hybridized carbons (Fsp3) is 0.455. The van der Waals surface area contributed by atoms with Gasteiger partial charge in [-0.25, -0.2) is 13.4 Å². The third kappa shape index (κ3) is 3.99. The van der Waals surface area contributed by atoms with Crippen molar-refractivity contribution in [3.05, 3.63) is 48.0 Å². The zero-order valence-electron chi connectivity index (χ0n) is 18.2. The van der Waals surface area contributed by atoms with Crippen LogP contribution in [-0.4, -0.2) is 64.2 Å². The molecule has 8 nitrogen and oxygen atoms in total. The van der Waals surface area contributed by atoms with Crippen LogP contribution in [0, 0.1) is 0 Å². The number of hydrogen-bond acceptors (Lipinski definition) is 4. The van der Waals surface area contributed by atoms with E-state index in [-0.39, 0.29) is 16.7 Å². The van der Waals surface area contributed by atoms with Gasteiger partial charge in [0.25, 0.3) is 5.91 Å². The normalized spacial score (nSPS) is 17.5. The Morgan fingerprint density at radius 1 is 1.26 bits per heavy atom. The minimum atomic E-state index is -3.61. The summed E-state index contributed by atoms with van der Waals surface area (Å²) in [5, 5.41) is 0. The third-order valence-corrected chi connectivity index (χ3v) is 8.06. The Kier molecular flexibility index (Phi) is 5.90. The first-order valence-electron chi connectivity index (χ1n) is 10.8. The summed E-state index contributed by atoms with van der Waals surface area (Å²) in [5.41, 5.74) is 2.31. The largest absolute Gasteiger partial charge is 0.345 e. The fourth-order valence-corrected chi connectivity index (χ4v) is 5.84. The van der Waals surface area contributed by atoms with Crippen LogP contribution < -0.4 is 0 Å². The molecule has 0 aliphatic carbocycles. The molecule has 0 saturated carbocycles. The molecule has 1 aromatic carbocycles. The number of para-hydroxylation sites is 2. The predicted octanol–water partition coefficient (Wildman–Crippen LogP) is 2.95. The van der Waals surface area contributed by atoms with Crippen LogP contribution in [0.25, 0.3) is 11.0 Å². The fourth-order valence-electron chi connectivity index (χ4n) is 4.31. The van der Waals surface area contributed by atoms with Crippen molar-refractivity contribution < 1.29 is 13.2 Å². The van der Waals surface area contributed by atoms with Crippen LogP contribution in [0.4, 0.5) is 0 Å². The maximum Gasteiger partial charge on any atom is 0.270 e. The number of hydrogen-bond donors (Lipinski definition) is 1. The Balaban J connectivity index is 1.56. The van der Waals surface area contributed by atoms with Crippen molar-refractivity contribution in [2.24, 2.45) is 7.05 Å². The summed E-state index contributed by atoms with van der Waals surface area (Å²) >= 11 is 0. The number of likely N-dealkylation sites (tertiary alicyclic amines) is 1. The topological polar surface area (TPSA) is 91.3 Å². The van der Waals surface area contributed by atoms with E-state index in [4.69, 9.17) is 4.98 Å². The second kappa shape index (κ2) is 8.47. The molecule has 166 valence electrons. The Labute approximate surface area is 182 Å². The van der Waals surface area contributed by atoms with Gasteiger partial charge in [0.1, 0.15) is 16.4 Å². The zero-order valence-corrected chi connectivity index (χ0v) is 19.0. The number of aromatic amines is 1. The van der Waals surface area contributed by atoms with Crippen LogP contribution in [0.15, 0.2) is 41.4 Å². The lowest BCUT2D eigenvalue weighted by Crippen LogP contribution is -2.40. The molecule has 9 heteroatoms. The van der Waals surface area contributed by atoms with Crippen molar-refractivity contribution in [3.63, 3.8) is 0 Å². The summed E-state index contributed by atoms with van der Waals surface area (Å²) in [7, 11) is -1.89.